The third kappa shape index (κ3) is 3.00. The Balaban J connectivity index is 2.06. The molecule has 0 aliphatic heterocycles. The van der Waals surface area contributed by atoms with E-state index in [9.17, 15) is 9.50 Å². The zero-order chi connectivity index (χ0) is 13.9. The highest BCUT2D eigenvalue weighted by Crippen LogP contribution is 2.41. The van der Waals surface area contributed by atoms with Crippen molar-refractivity contribution in [2.24, 2.45) is 5.41 Å². The van der Waals surface area contributed by atoms with Crippen molar-refractivity contribution in [3.8, 4) is 5.75 Å². The maximum atomic E-state index is 13.8. The maximum absolute atomic E-state index is 13.8. The molecule has 0 saturated heterocycles. The van der Waals surface area contributed by atoms with Crippen molar-refractivity contribution in [2.45, 2.75) is 26.2 Å². The fraction of sp³-hybridized carbons (Fsp3) is 0.600. The number of rotatable bonds is 6. The normalized spacial score (nSPS) is 16.8. The van der Waals surface area contributed by atoms with Crippen molar-refractivity contribution in [1.29, 1.82) is 0 Å². The lowest BCUT2D eigenvalue weighted by Crippen LogP contribution is -2.43. The second kappa shape index (κ2) is 5.78. The largest absolute Gasteiger partial charge is 0.491 e. The summed E-state index contributed by atoms with van der Waals surface area (Å²) in [5, 5.41) is 9.48. The maximum Gasteiger partial charge on any atom is 0.167 e. The summed E-state index contributed by atoms with van der Waals surface area (Å²) < 4.78 is 19.0. The van der Waals surface area contributed by atoms with Crippen LogP contribution in [-0.2, 0) is 0 Å². The average Bonchev–Trinajstić information content (AvgIpc) is 2.36. The summed E-state index contributed by atoms with van der Waals surface area (Å²) in [6.45, 7) is 3.26. The summed E-state index contributed by atoms with van der Waals surface area (Å²) in [4.78, 5) is 2.01. The summed E-state index contributed by atoms with van der Waals surface area (Å²) in [6.07, 6.45) is 3.27. The number of aliphatic hydroxyl groups is 1. The molecule has 1 aliphatic rings. The Hall–Kier alpha value is -1.29. The topological polar surface area (TPSA) is 32.7 Å². The van der Waals surface area contributed by atoms with Gasteiger partial charge in [-0.3, -0.25) is 0 Å². The molecule has 0 radical (unpaired) electrons. The van der Waals surface area contributed by atoms with E-state index in [1.54, 1.807) is 6.07 Å². The highest BCUT2D eigenvalue weighted by molar-refractivity contribution is 5.49. The van der Waals surface area contributed by atoms with Crippen molar-refractivity contribution in [1.82, 2.24) is 0 Å². The molecular weight excluding hydrogens is 245 g/mol. The molecule has 106 valence electrons. The minimum absolute atomic E-state index is 0.00379. The number of aliphatic hydroxyl groups excluding tert-OH is 1. The van der Waals surface area contributed by atoms with E-state index < -0.39 is 0 Å². The molecule has 0 unspecified atom stereocenters. The van der Waals surface area contributed by atoms with Gasteiger partial charge in [-0.25, -0.2) is 4.39 Å². The van der Waals surface area contributed by atoms with E-state index in [0.29, 0.717) is 12.4 Å². The van der Waals surface area contributed by atoms with Crippen LogP contribution in [0.4, 0.5) is 10.1 Å². The van der Waals surface area contributed by atoms with Crippen LogP contribution in [-0.4, -0.2) is 31.9 Å². The van der Waals surface area contributed by atoms with Gasteiger partial charge in [0.05, 0.1) is 13.2 Å². The Morgan fingerprint density at radius 2 is 2.16 bits per heavy atom. The van der Waals surface area contributed by atoms with E-state index in [4.69, 9.17) is 4.74 Å². The van der Waals surface area contributed by atoms with Gasteiger partial charge in [-0.15, -0.1) is 0 Å². The van der Waals surface area contributed by atoms with E-state index in [-0.39, 0.29) is 17.8 Å². The van der Waals surface area contributed by atoms with E-state index in [0.717, 1.165) is 25.1 Å². The molecule has 1 aromatic rings. The first-order chi connectivity index (χ1) is 9.10. The average molecular weight is 267 g/mol. The molecule has 19 heavy (non-hydrogen) atoms. The number of hydrogen-bond donors (Lipinski definition) is 1. The molecule has 1 aliphatic carbocycles. The standard InChI is InChI=1S/C15H22FNO2/c1-3-19-14-6-5-12(9-13(14)16)17(2)10-15(11-18)7-4-8-15/h5-6,9,18H,3-4,7-8,10-11H2,1-2H3. The fourth-order valence-corrected chi connectivity index (χ4v) is 2.64. The minimum Gasteiger partial charge on any atom is -0.491 e. The molecule has 4 heteroatoms. The second-order valence-electron chi connectivity index (χ2n) is 5.42. The predicted molar refractivity (Wildman–Crippen MR) is 74.2 cm³/mol. The minimum atomic E-state index is -0.335. The van der Waals surface area contributed by atoms with Gasteiger partial charge < -0.3 is 14.7 Å². The van der Waals surface area contributed by atoms with Gasteiger partial charge in [0.1, 0.15) is 0 Å². The first-order valence-corrected chi connectivity index (χ1v) is 6.84. The number of halogens is 1. The molecule has 1 saturated carbocycles. The van der Waals surface area contributed by atoms with Crippen LogP contribution in [0.15, 0.2) is 18.2 Å². The van der Waals surface area contributed by atoms with Crippen LogP contribution in [0.5, 0.6) is 5.75 Å². The fourth-order valence-electron chi connectivity index (χ4n) is 2.64. The summed E-state index contributed by atoms with van der Waals surface area (Å²) in [6, 6.07) is 5.02. The van der Waals surface area contributed by atoms with Gasteiger partial charge >= 0.3 is 0 Å². The van der Waals surface area contributed by atoms with Crippen molar-refractivity contribution < 1.29 is 14.2 Å². The molecular formula is C15H22FNO2. The third-order valence-corrected chi connectivity index (χ3v) is 3.98. The van der Waals surface area contributed by atoms with Crippen molar-refractivity contribution in [2.75, 3.05) is 31.7 Å². The molecule has 0 heterocycles. The van der Waals surface area contributed by atoms with Gasteiger partial charge in [-0.05, 0) is 31.9 Å². The Kier molecular flexibility index (Phi) is 4.30. The van der Waals surface area contributed by atoms with Crippen LogP contribution in [0.2, 0.25) is 0 Å². The number of benzene rings is 1. The Labute approximate surface area is 114 Å². The summed E-state index contributed by atoms with van der Waals surface area (Å²) in [7, 11) is 1.94. The van der Waals surface area contributed by atoms with Crippen molar-refractivity contribution in [3.05, 3.63) is 24.0 Å². The van der Waals surface area contributed by atoms with Crippen LogP contribution in [0.1, 0.15) is 26.2 Å². The molecule has 1 aromatic carbocycles. The van der Waals surface area contributed by atoms with Gasteiger partial charge in [-0.1, -0.05) is 6.42 Å². The molecule has 1 N–H and O–H groups in total. The molecule has 0 spiro atoms. The van der Waals surface area contributed by atoms with Crippen LogP contribution in [0.25, 0.3) is 0 Å². The third-order valence-electron chi connectivity index (χ3n) is 3.98. The van der Waals surface area contributed by atoms with Gasteiger partial charge in [0.15, 0.2) is 11.6 Å². The van der Waals surface area contributed by atoms with E-state index >= 15 is 0 Å². The zero-order valence-electron chi connectivity index (χ0n) is 11.7. The molecule has 1 fully saturated rings. The molecule has 0 atom stereocenters. The van der Waals surface area contributed by atoms with Crippen LogP contribution in [0, 0.1) is 11.2 Å². The van der Waals surface area contributed by atoms with Crippen LogP contribution in [0.3, 0.4) is 0 Å². The molecule has 0 amide bonds. The Morgan fingerprint density at radius 3 is 2.63 bits per heavy atom. The van der Waals surface area contributed by atoms with E-state index in [1.807, 2.05) is 24.9 Å². The summed E-state index contributed by atoms with van der Waals surface area (Å²) in [5.74, 6) is -0.0435. The smallest absolute Gasteiger partial charge is 0.167 e. The lowest BCUT2D eigenvalue weighted by Gasteiger charge is -2.43. The lowest BCUT2D eigenvalue weighted by molar-refractivity contribution is 0.0524. The predicted octanol–water partition coefficient (Wildman–Crippen LogP) is 2.82. The zero-order valence-corrected chi connectivity index (χ0v) is 11.7. The molecule has 0 aromatic heterocycles. The SMILES string of the molecule is CCOc1ccc(N(C)CC2(CO)CCC2)cc1F. The van der Waals surface area contributed by atoms with Gasteiger partial charge in [0.25, 0.3) is 0 Å². The highest BCUT2D eigenvalue weighted by Gasteiger charge is 2.37. The number of hydrogen-bond acceptors (Lipinski definition) is 3. The van der Waals surface area contributed by atoms with Crippen LogP contribution < -0.4 is 9.64 Å². The van der Waals surface area contributed by atoms with Gasteiger partial charge in [-0.2, -0.15) is 0 Å². The van der Waals surface area contributed by atoms with Crippen LogP contribution >= 0.6 is 0 Å². The lowest BCUT2D eigenvalue weighted by atomic mass is 9.69. The first-order valence-electron chi connectivity index (χ1n) is 6.84. The molecule has 3 nitrogen and oxygen atoms in total. The second-order valence-corrected chi connectivity index (χ2v) is 5.42. The Morgan fingerprint density at radius 1 is 1.42 bits per heavy atom. The molecule has 0 bridgehead atoms. The van der Waals surface area contributed by atoms with Gasteiger partial charge in [0, 0.05) is 30.8 Å². The quantitative estimate of drug-likeness (QED) is 0.860. The van der Waals surface area contributed by atoms with Crippen molar-refractivity contribution >= 4 is 5.69 Å². The first kappa shape index (κ1) is 14.1. The number of nitrogens with zero attached hydrogens (tertiary/aromatic N) is 1. The summed E-state index contributed by atoms with van der Waals surface area (Å²) in [5.41, 5.74) is 0.824. The highest BCUT2D eigenvalue weighted by atomic mass is 19.1. The number of anilines is 1. The summed E-state index contributed by atoms with van der Waals surface area (Å²) >= 11 is 0. The van der Waals surface area contributed by atoms with Crippen molar-refractivity contribution in [3.63, 3.8) is 0 Å². The Bertz CT molecular complexity index is 427. The van der Waals surface area contributed by atoms with Gasteiger partial charge in [0.2, 0.25) is 0 Å². The number of ether oxygens (including phenoxy) is 1. The van der Waals surface area contributed by atoms with E-state index in [2.05, 4.69) is 0 Å². The monoisotopic (exact) mass is 267 g/mol. The molecule has 2 rings (SSSR count). The van der Waals surface area contributed by atoms with E-state index in [1.165, 1.54) is 12.5 Å².